The number of carboxylic acids is 1. The lowest BCUT2D eigenvalue weighted by molar-refractivity contribution is -0.132. The van der Waals surface area contributed by atoms with Crippen molar-refractivity contribution in [2.24, 2.45) is 0 Å². The van der Waals surface area contributed by atoms with Gasteiger partial charge in [-0.05, 0) is 38.1 Å². The monoisotopic (exact) mass is 456 g/mol. The van der Waals surface area contributed by atoms with Gasteiger partial charge < -0.3 is 15.7 Å². The van der Waals surface area contributed by atoms with E-state index < -0.39 is 52.0 Å². The fourth-order valence-electron chi connectivity index (χ4n) is 2.22. The van der Waals surface area contributed by atoms with Gasteiger partial charge in [0.2, 0.25) is 11.8 Å². The molecule has 164 valence electrons. The number of nitrogens with one attached hydrogen (secondary N) is 2. The van der Waals surface area contributed by atoms with Gasteiger partial charge in [-0.15, -0.1) is 11.8 Å². The lowest BCUT2D eigenvalue weighted by atomic mass is 10.2. The Labute approximate surface area is 178 Å². The molecule has 2 amide bonds. The van der Waals surface area contributed by atoms with Gasteiger partial charge in [0.15, 0.2) is 23.3 Å². The fourth-order valence-corrected chi connectivity index (χ4v) is 3.09. The SMILES string of the molecule is C/C(=C/C(=O)Nc1ccc(SC(C)C(=O)Nc2c(F)c(F)cc(F)c2F)cc1)C(=O)O. The topological polar surface area (TPSA) is 95.5 Å². The molecule has 0 radical (unpaired) electrons. The van der Waals surface area contributed by atoms with Gasteiger partial charge in [-0.3, -0.25) is 9.59 Å². The number of carbonyl (C=O) groups excluding carboxylic acids is 2. The molecule has 0 fully saturated rings. The molecule has 0 aromatic heterocycles. The van der Waals surface area contributed by atoms with Crippen LogP contribution in [0, 0.1) is 23.3 Å². The number of hydrogen-bond donors (Lipinski definition) is 3. The second-order valence-electron chi connectivity index (χ2n) is 6.24. The molecule has 1 unspecified atom stereocenters. The van der Waals surface area contributed by atoms with Gasteiger partial charge in [-0.25, -0.2) is 22.4 Å². The number of hydrogen-bond acceptors (Lipinski definition) is 4. The number of aliphatic carboxylic acids is 1. The van der Waals surface area contributed by atoms with Gasteiger partial charge in [-0.2, -0.15) is 0 Å². The first-order valence-electron chi connectivity index (χ1n) is 8.62. The Kier molecular flexibility index (Phi) is 7.81. The van der Waals surface area contributed by atoms with Gasteiger partial charge in [0.1, 0.15) is 5.69 Å². The van der Waals surface area contributed by atoms with E-state index in [1.54, 1.807) is 12.1 Å². The summed E-state index contributed by atoms with van der Waals surface area (Å²) in [5.74, 6) is -9.46. The molecule has 0 spiro atoms. The quantitative estimate of drug-likeness (QED) is 0.250. The maximum Gasteiger partial charge on any atom is 0.331 e. The van der Waals surface area contributed by atoms with E-state index in [0.29, 0.717) is 10.6 Å². The summed E-state index contributed by atoms with van der Waals surface area (Å²) < 4.78 is 53.9. The molecule has 2 aromatic rings. The molecule has 3 N–H and O–H groups in total. The zero-order chi connectivity index (χ0) is 23.3. The number of carbonyl (C=O) groups is 3. The van der Waals surface area contributed by atoms with Gasteiger partial charge >= 0.3 is 5.97 Å². The molecule has 0 saturated heterocycles. The van der Waals surface area contributed by atoms with Crippen molar-refractivity contribution in [2.75, 3.05) is 10.6 Å². The first kappa shape index (κ1) is 23.9. The van der Waals surface area contributed by atoms with Crippen molar-refractivity contribution < 1.29 is 37.1 Å². The van der Waals surface area contributed by atoms with Crippen LogP contribution in [0.15, 0.2) is 46.9 Å². The maximum absolute atomic E-state index is 13.7. The molecule has 0 aliphatic carbocycles. The molecule has 2 aromatic carbocycles. The molecular weight excluding hydrogens is 440 g/mol. The Morgan fingerprint density at radius 1 is 1.00 bits per heavy atom. The molecule has 2 rings (SSSR count). The maximum atomic E-state index is 13.7. The van der Waals surface area contributed by atoms with Crippen molar-refractivity contribution in [3.63, 3.8) is 0 Å². The highest BCUT2D eigenvalue weighted by molar-refractivity contribution is 8.00. The first-order valence-corrected chi connectivity index (χ1v) is 9.50. The molecule has 0 aliphatic heterocycles. The third-order valence-electron chi connectivity index (χ3n) is 3.85. The van der Waals surface area contributed by atoms with Crippen molar-refractivity contribution in [3.05, 3.63) is 65.2 Å². The average molecular weight is 456 g/mol. The van der Waals surface area contributed by atoms with Crippen molar-refractivity contribution >= 4 is 40.9 Å². The molecule has 31 heavy (non-hydrogen) atoms. The molecule has 0 saturated carbocycles. The number of anilines is 2. The summed E-state index contributed by atoms with van der Waals surface area (Å²) in [5, 5.41) is 12.2. The summed E-state index contributed by atoms with van der Waals surface area (Å²) in [6.07, 6.45) is 0.922. The molecule has 0 bridgehead atoms. The normalized spacial score (nSPS) is 12.3. The molecule has 1 atom stereocenters. The van der Waals surface area contributed by atoms with Crippen LogP contribution in [0.3, 0.4) is 0 Å². The number of carboxylic acid groups (broad SMARTS) is 1. The van der Waals surface area contributed by atoms with Crippen LogP contribution in [-0.4, -0.2) is 28.1 Å². The fraction of sp³-hybridized carbons (Fsp3) is 0.150. The summed E-state index contributed by atoms with van der Waals surface area (Å²) in [4.78, 5) is 35.2. The van der Waals surface area contributed by atoms with E-state index in [-0.39, 0.29) is 11.6 Å². The van der Waals surface area contributed by atoms with Crippen LogP contribution in [-0.2, 0) is 14.4 Å². The van der Waals surface area contributed by atoms with E-state index in [1.807, 2.05) is 5.32 Å². The van der Waals surface area contributed by atoms with Crippen LogP contribution in [0.25, 0.3) is 0 Å². The number of benzene rings is 2. The van der Waals surface area contributed by atoms with E-state index in [9.17, 15) is 31.9 Å². The minimum atomic E-state index is -1.71. The number of rotatable bonds is 7. The van der Waals surface area contributed by atoms with Crippen LogP contribution < -0.4 is 10.6 Å². The van der Waals surface area contributed by atoms with Crippen molar-refractivity contribution in [1.29, 1.82) is 0 Å². The van der Waals surface area contributed by atoms with E-state index in [4.69, 9.17) is 5.11 Å². The Balaban J connectivity index is 2.02. The van der Waals surface area contributed by atoms with Crippen LogP contribution in [0.4, 0.5) is 28.9 Å². The number of thioether (sulfide) groups is 1. The van der Waals surface area contributed by atoms with E-state index >= 15 is 0 Å². The highest BCUT2D eigenvalue weighted by atomic mass is 32.2. The van der Waals surface area contributed by atoms with Crippen molar-refractivity contribution in [3.8, 4) is 0 Å². The smallest absolute Gasteiger partial charge is 0.331 e. The van der Waals surface area contributed by atoms with Crippen molar-refractivity contribution in [1.82, 2.24) is 0 Å². The van der Waals surface area contributed by atoms with E-state index in [0.717, 1.165) is 17.8 Å². The Morgan fingerprint density at radius 3 is 2.06 bits per heavy atom. The average Bonchev–Trinajstić information content (AvgIpc) is 2.70. The van der Waals surface area contributed by atoms with Gasteiger partial charge in [0, 0.05) is 28.3 Å². The Bertz CT molecular complexity index is 1030. The third-order valence-corrected chi connectivity index (χ3v) is 4.96. The molecule has 6 nitrogen and oxygen atoms in total. The molecule has 11 heteroatoms. The summed E-state index contributed by atoms with van der Waals surface area (Å²) in [6.45, 7) is 2.69. The van der Waals surface area contributed by atoms with Crippen LogP contribution in [0.5, 0.6) is 0 Å². The number of halogens is 4. The molecular formula is C20H16F4N2O4S. The highest BCUT2D eigenvalue weighted by Gasteiger charge is 2.23. The predicted octanol–water partition coefficient (Wildman–Crippen LogP) is 4.33. The minimum absolute atomic E-state index is 0.0393. The third kappa shape index (κ3) is 6.32. The van der Waals surface area contributed by atoms with Gasteiger partial charge in [-0.1, -0.05) is 0 Å². The van der Waals surface area contributed by atoms with Crippen molar-refractivity contribution in [2.45, 2.75) is 24.0 Å². The summed E-state index contributed by atoms with van der Waals surface area (Å²) >= 11 is 0.986. The highest BCUT2D eigenvalue weighted by Crippen LogP contribution is 2.28. The van der Waals surface area contributed by atoms with Crippen LogP contribution >= 0.6 is 11.8 Å². The lowest BCUT2D eigenvalue weighted by Crippen LogP contribution is -2.24. The van der Waals surface area contributed by atoms with Crippen LogP contribution in [0.1, 0.15) is 13.8 Å². The largest absolute Gasteiger partial charge is 0.478 e. The standard InChI is InChI=1S/C20H16F4N2O4S/c1-9(20(29)30)7-15(27)25-11-3-5-12(6-4-11)31-10(2)19(28)26-18-16(23)13(21)8-14(22)17(18)24/h3-8,10H,1-2H3,(H,25,27)(H,26,28)(H,29,30)/b9-7-. The van der Waals surface area contributed by atoms with Gasteiger partial charge in [0.25, 0.3) is 0 Å². The van der Waals surface area contributed by atoms with E-state index in [1.165, 1.54) is 26.0 Å². The second kappa shape index (κ2) is 10.1. The lowest BCUT2D eigenvalue weighted by Gasteiger charge is -2.14. The van der Waals surface area contributed by atoms with E-state index in [2.05, 4.69) is 5.32 Å². The molecule has 0 heterocycles. The zero-order valence-electron chi connectivity index (χ0n) is 16.1. The zero-order valence-corrected chi connectivity index (χ0v) is 17.0. The van der Waals surface area contributed by atoms with Gasteiger partial charge in [0.05, 0.1) is 5.25 Å². The molecule has 0 aliphatic rings. The predicted molar refractivity (Wildman–Crippen MR) is 107 cm³/mol. The Hall–Kier alpha value is -3.34. The summed E-state index contributed by atoms with van der Waals surface area (Å²) in [7, 11) is 0. The first-order chi connectivity index (χ1) is 14.5. The Morgan fingerprint density at radius 2 is 1.55 bits per heavy atom. The summed E-state index contributed by atoms with van der Waals surface area (Å²) in [6, 6.07) is 6.12. The van der Waals surface area contributed by atoms with Crippen LogP contribution in [0.2, 0.25) is 0 Å². The summed E-state index contributed by atoms with van der Waals surface area (Å²) in [5.41, 5.74) is -0.992. The number of amides is 2. The minimum Gasteiger partial charge on any atom is -0.478 e. The second-order valence-corrected chi connectivity index (χ2v) is 7.65.